The summed E-state index contributed by atoms with van der Waals surface area (Å²) < 4.78 is 25.8. The monoisotopic (exact) mass is 300 g/mol. The van der Waals surface area contributed by atoms with Crippen LogP contribution in [0, 0.1) is 5.92 Å². The smallest absolute Gasteiger partial charge is 0.226 e. The van der Waals surface area contributed by atoms with Gasteiger partial charge in [0.25, 0.3) is 0 Å². The van der Waals surface area contributed by atoms with Crippen molar-refractivity contribution in [2.75, 3.05) is 18.8 Å². The summed E-state index contributed by atoms with van der Waals surface area (Å²) in [6, 6.07) is -0.0183. The van der Waals surface area contributed by atoms with E-state index in [9.17, 15) is 13.2 Å². The number of nitrogens with one attached hydrogen (secondary N) is 1. The highest BCUT2D eigenvalue weighted by atomic mass is 32.2. The van der Waals surface area contributed by atoms with E-state index in [1.807, 2.05) is 4.90 Å². The van der Waals surface area contributed by atoms with E-state index in [-0.39, 0.29) is 23.6 Å². The number of allylic oxidation sites excluding steroid dienone is 2. The van der Waals surface area contributed by atoms with Gasteiger partial charge in [0.2, 0.25) is 15.9 Å². The molecule has 0 radical (unpaired) electrons. The zero-order valence-electron chi connectivity index (χ0n) is 12.0. The molecule has 1 saturated heterocycles. The highest BCUT2D eigenvalue weighted by Gasteiger charge is 2.29. The Morgan fingerprint density at radius 3 is 2.50 bits per heavy atom. The highest BCUT2D eigenvalue weighted by molar-refractivity contribution is 7.89. The number of likely N-dealkylation sites (tertiary alicyclic amines) is 1. The van der Waals surface area contributed by atoms with Crippen molar-refractivity contribution in [2.45, 2.75) is 45.1 Å². The molecule has 0 bridgehead atoms. The molecule has 5 nitrogen and oxygen atoms in total. The molecule has 1 heterocycles. The van der Waals surface area contributed by atoms with E-state index in [4.69, 9.17) is 0 Å². The molecule has 1 fully saturated rings. The van der Waals surface area contributed by atoms with Crippen molar-refractivity contribution in [1.82, 2.24) is 9.62 Å². The van der Waals surface area contributed by atoms with Gasteiger partial charge in [-0.3, -0.25) is 4.79 Å². The Morgan fingerprint density at radius 2 is 1.95 bits per heavy atom. The van der Waals surface area contributed by atoms with Gasteiger partial charge in [-0.15, -0.1) is 0 Å². The SMILES string of the molecule is CCS(=O)(=O)NC1CCN(C(=O)C2CC=CCC2)CC1. The lowest BCUT2D eigenvalue weighted by Gasteiger charge is -2.34. The van der Waals surface area contributed by atoms with Crippen molar-refractivity contribution < 1.29 is 13.2 Å². The van der Waals surface area contributed by atoms with Crippen molar-refractivity contribution in [2.24, 2.45) is 5.92 Å². The molecular weight excluding hydrogens is 276 g/mol. The Kier molecular flexibility index (Phi) is 5.21. The van der Waals surface area contributed by atoms with E-state index in [0.29, 0.717) is 25.9 Å². The normalized spacial score (nSPS) is 24.9. The first-order valence-corrected chi connectivity index (χ1v) is 9.11. The molecule has 0 aromatic carbocycles. The van der Waals surface area contributed by atoms with Crippen molar-refractivity contribution in [3.63, 3.8) is 0 Å². The van der Waals surface area contributed by atoms with Crippen molar-refractivity contribution in [1.29, 1.82) is 0 Å². The molecule has 2 rings (SSSR count). The highest BCUT2D eigenvalue weighted by Crippen LogP contribution is 2.22. The average Bonchev–Trinajstić information content (AvgIpc) is 2.48. The Hall–Kier alpha value is -0.880. The molecule has 1 amide bonds. The lowest BCUT2D eigenvalue weighted by atomic mass is 9.92. The second-order valence-electron chi connectivity index (χ2n) is 5.60. The topological polar surface area (TPSA) is 66.5 Å². The molecule has 2 aliphatic rings. The number of piperidine rings is 1. The van der Waals surface area contributed by atoms with Crippen LogP contribution in [0.25, 0.3) is 0 Å². The van der Waals surface area contributed by atoms with Crippen LogP contribution >= 0.6 is 0 Å². The summed E-state index contributed by atoms with van der Waals surface area (Å²) in [6.45, 7) is 2.96. The largest absolute Gasteiger partial charge is 0.342 e. The first-order valence-electron chi connectivity index (χ1n) is 7.45. The first-order chi connectivity index (χ1) is 9.52. The number of sulfonamides is 1. The van der Waals surface area contributed by atoms with Gasteiger partial charge in [-0.1, -0.05) is 12.2 Å². The second-order valence-corrected chi connectivity index (χ2v) is 7.64. The predicted molar refractivity (Wildman–Crippen MR) is 78.7 cm³/mol. The van der Waals surface area contributed by atoms with Crippen molar-refractivity contribution >= 4 is 15.9 Å². The summed E-state index contributed by atoms with van der Waals surface area (Å²) in [7, 11) is -3.14. The summed E-state index contributed by atoms with van der Waals surface area (Å²) in [4.78, 5) is 14.3. The van der Waals surface area contributed by atoms with Gasteiger partial charge in [0.1, 0.15) is 0 Å². The van der Waals surface area contributed by atoms with Crippen LogP contribution in [0.1, 0.15) is 39.0 Å². The second kappa shape index (κ2) is 6.72. The predicted octanol–water partition coefficient (Wildman–Crippen LogP) is 1.27. The van der Waals surface area contributed by atoms with E-state index in [0.717, 1.165) is 19.3 Å². The van der Waals surface area contributed by atoms with Gasteiger partial charge in [-0.25, -0.2) is 13.1 Å². The molecule has 114 valence electrons. The van der Waals surface area contributed by atoms with Crippen LogP contribution in [-0.2, 0) is 14.8 Å². The fraction of sp³-hybridized carbons (Fsp3) is 0.786. The van der Waals surface area contributed by atoms with Crippen LogP contribution in [-0.4, -0.2) is 44.1 Å². The van der Waals surface area contributed by atoms with Crippen LogP contribution in [0.15, 0.2) is 12.2 Å². The molecule has 0 spiro atoms. The fourth-order valence-electron chi connectivity index (χ4n) is 2.83. The number of rotatable bonds is 4. The van der Waals surface area contributed by atoms with Gasteiger partial charge < -0.3 is 4.90 Å². The molecule has 20 heavy (non-hydrogen) atoms. The van der Waals surface area contributed by atoms with Crippen molar-refractivity contribution in [3.8, 4) is 0 Å². The van der Waals surface area contributed by atoms with Crippen LogP contribution in [0.2, 0.25) is 0 Å². The average molecular weight is 300 g/mol. The van der Waals surface area contributed by atoms with E-state index >= 15 is 0 Å². The van der Waals surface area contributed by atoms with Crippen LogP contribution in [0.5, 0.6) is 0 Å². The molecule has 1 aliphatic heterocycles. The minimum Gasteiger partial charge on any atom is -0.342 e. The fourth-order valence-corrected chi connectivity index (χ4v) is 3.74. The molecule has 0 aromatic heterocycles. The third kappa shape index (κ3) is 4.06. The van der Waals surface area contributed by atoms with Crippen LogP contribution < -0.4 is 4.72 Å². The summed E-state index contributed by atoms with van der Waals surface area (Å²) in [6.07, 6.45) is 8.44. The molecule has 0 saturated carbocycles. The van der Waals surface area contributed by atoms with E-state index in [2.05, 4.69) is 16.9 Å². The Morgan fingerprint density at radius 1 is 1.25 bits per heavy atom. The summed E-state index contributed by atoms with van der Waals surface area (Å²) >= 11 is 0. The molecule has 1 N–H and O–H groups in total. The number of hydrogen-bond acceptors (Lipinski definition) is 3. The lowest BCUT2D eigenvalue weighted by molar-refractivity contribution is -0.136. The third-order valence-electron chi connectivity index (χ3n) is 4.15. The van der Waals surface area contributed by atoms with Gasteiger partial charge in [0.15, 0.2) is 0 Å². The maximum Gasteiger partial charge on any atom is 0.226 e. The number of amides is 1. The lowest BCUT2D eigenvalue weighted by Crippen LogP contribution is -2.48. The Bertz CT molecular complexity index is 465. The van der Waals surface area contributed by atoms with Gasteiger partial charge in [0.05, 0.1) is 5.75 Å². The molecular formula is C14H24N2O3S. The standard InChI is InChI=1S/C14H24N2O3S/c1-2-20(18,19)15-13-8-10-16(11-9-13)14(17)12-6-4-3-5-7-12/h3-4,12-13,15H,2,5-11H2,1H3. The van der Waals surface area contributed by atoms with Gasteiger partial charge in [0, 0.05) is 25.0 Å². The number of carbonyl (C=O) groups is 1. The Balaban J connectivity index is 1.82. The third-order valence-corrected chi connectivity index (χ3v) is 5.60. The van der Waals surface area contributed by atoms with Crippen LogP contribution in [0.4, 0.5) is 0 Å². The quantitative estimate of drug-likeness (QED) is 0.795. The van der Waals surface area contributed by atoms with Gasteiger partial charge in [-0.2, -0.15) is 0 Å². The number of hydrogen-bond donors (Lipinski definition) is 1. The van der Waals surface area contributed by atoms with Gasteiger partial charge >= 0.3 is 0 Å². The summed E-state index contributed by atoms with van der Waals surface area (Å²) in [5.41, 5.74) is 0. The molecule has 1 aliphatic carbocycles. The zero-order valence-corrected chi connectivity index (χ0v) is 12.9. The molecule has 6 heteroatoms. The number of carbonyl (C=O) groups excluding carboxylic acids is 1. The molecule has 1 atom stereocenters. The zero-order chi connectivity index (χ0) is 14.6. The minimum absolute atomic E-state index is 0.0183. The summed E-state index contributed by atoms with van der Waals surface area (Å²) in [5.74, 6) is 0.482. The number of nitrogens with zero attached hydrogens (tertiary/aromatic N) is 1. The molecule has 1 unspecified atom stereocenters. The first kappa shape index (κ1) is 15.5. The minimum atomic E-state index is -3.14. The summed E-state index contributed by atoms with van der Waals surface area (Å²) in [5, 5.41) is 0. The van der Waals surface area contributed by atoms with Crippen molar-refractivity contribution in [3.05, 3.63) is 12.2 Å². The van der Waals surface area contributed by atoms with E-state index in [1.165, 1.54) is 0 Å². The molecule has 0 aromatic rings. The van der Waals surface area contributed by atoms with Gasteiger partial charge in [-0.05, 0) is 39.0 Å². The maximum atomic E-state index is 12.4. The van der Waals surface area contributed by atoms with Crippen LogP contribution in [0.3, 0.4) is 0 Å². The Labute approximate surface area is 121 Å². The van der Waals surface area contributed by atoms with E-state index in [1.54, 1.807) is 6.92 Å². The van der Waals surface area contributed by atoms with E-state index < -0.39 is 10.0 Å². The maximum absolute atomic E-state index is 12.4.